The van der Waals surface area contributed by atoms with Gasteiger partial charge in [0.15, 0.2) is 5.96 Å². The number of aliphatic imine (C=N–C) groups is 1. The Morgan fingerprint density at radius 1 is 1.18 bits per heavy atom. The summed E-state index contributed by atoms with van der Waals surface area (Å²) in [6.07, 6.45) is 8.08. The SMILES string of the molecule is CN=C(NC1C2CCOC2C12CCC2)N1CCC(Oc2ccccc2)CC1.I. The lowest BCUT2D eigenvalue weighted by Gasteiger charge is -2.63. The fourth-order valence-corrected chi connectivity index (χ4v) is 5.77. The summed E-state index contributed by atoms with van der Waals surface area (Å²) in [7, 11) is 1.92. The fourth-order valence-electron chi connectivity index (χ4n) is 5.77. The van der Waals surface area contributed by atoms with Crippen LogP contribution < -0.4 is 10.1 Å². The van der Waals surface area contributed by atoms with E-state index in [2.05, 4.69) is 15.2 Å². The third-order valence-corrected chi connectivity index (χ3v) is 7.32. The first-order valence-electron chi connectivity index (χ1n) is 10.6. The molecule has 6 heteroatoms. The number of halogens is 1. The summed E-state index contributed by atoms with van der Waals surface area (Å²) in [5.74, 6) is 2.74. The van der Waals surface area contributed by atoms with Gasteiger partial charge in [0.2, 0.25) is 0 Å². The Bertz CT molecular complexity index is 686. The van der Waals surface area contributed by atoms with Crippen molar-refractivity contribution in [3.8, 4) is 5.75 Å². The number of para-hydroxylation sites is 1. The maximum atomic E-state index is 6.14. The van der Waals surface area contributed by atoms with E-state index in [1.165, 1.54) is 25.7 Å². The highest BCUT2D eigenvalue weighted by molar-refractivity contribution is 14.0. The maximum Gasteiger partial charge on any atom is 0.193 e. The average molecular weight is 497 g/mol. The second-order valence-corrected chi connectivity index (χ2v) is 8.62. The standard InChI is InChI=1S/C22H31N3O2.HI/c1-23-21(24-19-18-10-15-26-20(18)22(19)11-5-12-22)25-13-8-17(9-14-25)27-16-6-3-2-4-7-16;/h2-4,6-7,17-20H,5,8-15H2,1H3,(H,23,24);1H. The minimum Gasteiger partial charge on any atom is -0.490 e. The molecule has 4 aliphatic rings. The van der Waals surface area contributed by atoms with E-state index in [0.717, 1.165) is 44.2 Å². The molecule has 3 unspecified atom stereocenters. The van der Waals surface area contributed by atoms with Gasteiger partial charge in [0.1, 0.15) is 11.9 Å². The Morgan fingerprint density at radius 3 is 2.57 bits per heavy atom. The zero-order chi connectivity index (χ0) is 18.3. The summed E-state index contributed by atoms with van der Waals surface area (Å²) in [5.41, 5.74) is 0.395. The topological polar surface area (TPSA) is 46.1 Å². The van der Waals surface area contributed by atoms with Crippen molar-refractivity contribution in [1.82, 2.24) is 10.2 Å². The summed E-state index contributed by atoms with van der Waals surface area (Å²) >= 11 is 0. The predicted molar refractivity (Wildman–Crippen MR) is 121 cm³/mol. The average Bonchev–Trinajstić information content (AvgIpc) is 3.08. The van der Waals surface area contributed by atoms with Gasteiger partial charge in [-0.2, -0.15) is 0 Å². The number of likely N-dealkylation sites (tertiary alicyclic amines) is 1. The van der Waals surface area contributed by atoms with Crippen LogP contribution in [0.25, 0.3) is 0 Å². The van der Waals surface area contributed by atoms with Crippen LogP contribution in [-0.2, 0) is 4.74 Å². The Balaban J connectivity index is 0.00000192. The highest BCUT2D eigenvalue weighted by Gasteiger charge is 2.66. The molecule has 0 radical (unpaired) electrons. The molecule has 2 aliphatic carbocycles. The van der Waals surface area contributed by atoms with Crippen molar-refractivity contribution in [1.29, 1.82) is 0 Å². The van der Waals surface area contributed by atoms with Crippen molar-refractivity contribution in [2.24, 2.45) is 16.3 Å². The van der Waals surface area contributed by atoms with E-state index in [1.54, 1.807) is 0 Å². The molecule has 2 saturated heterocycles. The van der Waals surface area contributed by atoms with E-state index in [4.69, 9.17) is 9.47 Å². The fraction of sp³-hybridized carbons (Fsp3) is 0.682. The van der Waals surface area contributed by atoms with E-state index in [-0.39, 0.29) is 24.0 Å². The molecule has 2 aliphatic heterocycles. The normalized spacial score (nSPS) is 31.4. The van der Waals surface area contributed by atoms with Gasteiger partial charge in [-0.05, 0) is 31.4 Å². The van der Waals surface area contributed by atoms with Crippen molar-refractivity contribution in [2.45, 2.75) is 56.8 Å². The summed E-state index contributed by atoms with van der Waals surface area (Å²) < 4.78 is 12.2. The van der Waals surface area contributed by atoms with Crippen LogP contribution in [0.2, 0.25) is 0 Å². The molecule has 3 atom stereocenters. The highest BCUT2D eigenvalue weighted by atomic mass is 127. The molecule has 28 heavy (non-hydrogen) atoms. The molecule has 4 fully saturated rings. The number of hydrogen-bond donors (Lipinski definition) is 1. The summed E-state index contributed by atoms with van der Waals surface area (Å²) in [6, 6.07) is 10.7. The minimum atomic E-state index is 0. The van der Waals surface area contributed by atoms with Crippen LogP contribution in [0.15, 0.2) is 35.3 Å². The van der Waals surface area contributed by atoms with E-state index < -0.39 is 0 Å². The van der Waals surface area contributed by atoms with Crippen LogP contribution in [0.5, 0.6) is 5.75 Å². The van der Waals surface area contributed by atoms with Crippen LogP contribution in [0.4, 0.5) is 0 Å². The summed E-state index contributed by atoms with van der Waals surface area (Å²) in [6.45, 7) is 2.94. The van der Waals surface area contributed by atoms with Crippen molar-refractivity contribution >= 4 is 29.9 Å². The molecular formula is C22H32IN3O2. The number of hydrogen-bond acceptors (Lipinski definition) is 3. The molecule has 1 aromatic carbocycles. The monoisotopic (exact) mass is 497 g/mol. The molecule has 2 saturated carbocycles. The number of guanidine groups is 1. The lowest BCUT2D eigenvalue weighted by Crippen LogP contribution is -2.72. The molecule has 0 bridgehead atoms. The number of nitrogens with zero attached hydrogens (tertiary/aromatic N) is 2. The number of fused-ring (bicyclic) bond motifs is 2. The van der Waals surface area contributed by atoms with Crippen LogP contribution >= 0.6 is 24.0 Å². The first kappa shape index (κ1) is 20.3. The van der Waals surface area contributed by atoms with Gasteiger partial charge in [-0.15, -0.1) is 24.0 Å². The van der Waals surface area contributed by atoms with Crippen LogP contribution in [0.3, 0.4) is 0 Å². The van der Waals surface area contributed by atoms with Gasteiger partial charge in [0.05, 0.1) is 6.10 Å². The van der Waals surface area contributed by atoms with Gasteiger partial charge >= 0.3 is 0 Å². The number of benzene rings is 1. The van der Waals surface area contributed by atoms with E-state index in [0.29, 0.717) is 29.6 Å². The Morgan fingerprint density at radius 2 is 1.93 bits per heavy atom. The Labute approximate surface area is 185 Å². The largest absolute Gasteiger partial charge is 0.490 e. The lowest BCUT2D eigenvalue weighted by molar-refractivity contribution is -0.171. The predicted octanol–water partition coefficient (Wildman–Crippen LogP) is 3.68. The van der Waals surface area contributed by atoms with Crippen molar-refractivity contribution in [3.05, 3.63) is 30.3 Å². The van der Waals surface area contributed by atoms with Crippen LogP contribution in [0, 0.1) is 11.3 Å². The van der Waals surface area contributed by atoms with Gasteiger partial charge in [0.25, 0.3) is 0 Å². The molecule has 5 nitrogen and oxygen atoms in total. The number of rotatable bonds is 3. The van der Waals surface area contributed by atoms with Crippen molar-refractivity contribution in [3.63, 3.8) is 0 Å². The third-order valence-electron chi connectivity index (χ3n) is 7.32. The summed E-state index contributed by atoms with van der Waals surface area (Å²) in [4.78, 5) is 7.05. The smallest absolute Gasteiger partial charge is 0.193 e. The van der Waals surface area contributed by atoms with E-state index in [9.17, 15) is 0 Å². The molecule has 1 spiro atoms. The molecule has 0 amide bonds. The minimum absolute atomic E-state index is 0. The molecule has 5 rings (SSSR count). The number of piperidine rings is 1. The second-order valence-electron chi connectivity index (χ2n) is 8.62. The molecule has 0 aromatic heterocycles. The zero-order valence-corrected chi connectivity index (χ0v) is 19.0. The van der Waals surface area contributed by atoms with Gasteiger partial charge in [-0.1, -0.05) is 24.6 Å². The Hall–Kier alpha value is -1.02. The molecule has 1 aromatic rings. The first-order valence-corrected chi connectivity index (χ1v) is 10.6. The molecule has 2 heterocycles. The summed E-state index contributed by atoms with van der Waals surface area (Å²) in [5, 5.41) is 3.86. The maximum absolute atomic E-state index is 6.14. The van der Waals surface area contributed by atoms with Gasteiger partial charge in [-0.25, -0.2) is 0 Å². The molecule has 1 N–H and O–H groups in total. The van der Waals surface area contributed by atoms with Crippen molar-refractivity contribution in [2.75, 3.05) is 26.7 Å². The van der Waals surface area contributed by atoms with Crippen LogP contribution in [0.1, 0.15) is 38.5 Å². The van der Waals surface area contributed by atoms with Gasteiger partial charge < -0.3 is 19.7 Å². The molecule has 154 valence electrons. The van der Waals surface area contributed by atoms with Gasteiger partial charge in [-0.3, -0.25) is 4.99 Å². The highest BCUT2D eigenvalue weighted by Crippen LogP contribution is 2.62. The van der Waals surface area contributed by atoms with Crippen LogP contribution in [-0.4, -0.2) is 55.9 Å². The first-order chi connectivity index (χ1) is 13.3. The molecular weight excluding hydrogens is 465 g/mol. The number of ether oxygens (including phenoxy) is 2. The third kappa shape index (κ3) is 3.40. The van der Waals surface area contributed by atoms with E-state index in [1.807, 2.05) is 37.4 Å². The second kappa shape index (κ2) is 8.38. The van der Waals surface area contributed by atoms with Crippen molar-refractivity contribution < 1.29 is 9.47 Å². The quantitative estimate of drug-likeness (QED) is 0.393. The number of nitrogens with one attached hydrogen (secondary N) is 1. The zero-order valence-electron chi connectivity index (χ0n) is 16.7. The Kier molecular flexibility index (Phi) is 6.06. The van der Waals surface area contributed by atoms with Gasteiger partial charge in [0, 0.05) is 57.0 Å². The lowest BCUT2D eigenvalue weighted by atomic mass is 9.46. The van der Waals surface area contributed by atoms with E-state index >= 15 is 0 Å².